The first-order valence-electron chi connectivity index (χ1n) is 4.97. The molecule has 0 aliphatic heterocycles. The molecule has 16 heavy (non-hydrogen) atoms. The van der Waals surface area contributed by atoms with Crippen LogP contribution in [0.15, 0.2) is 27.5 Å². The molecule has 0 bridgehead atoms. The smallest absolute Gasteiger partial charge is 0.258 e. The number of hydrogen-bond acceptors (Lipinski definition) is 2. The van der Waals surface area contributed by atoms with Crippen LogP contribution in [-0.2, 0) is 5.67 Å². The molecule has 0 radical (unpaired) electrons. The lowest BCUT2D eigenvalue weighted by Crippen LogP contribution is -2.16. The number of alkyl halides is 1. The van der Waals surface area contributed by atoms with Gasteiger partial charge in [0.05, 0.1) is 10.9 Å². The molecule has 1 fully saturated rings. The highest BCUT2D eigenvalue weighted by atomic mass is 79.9. The van der Waals surface area contributed by atoms with E-state index in [0.717, 1.165) is 4.47 Å². The van der Waals surface area contributed by atoms with Crippen molar-refractivity contribution in [2.24, 2.45) is 0 Å². The van der Waals surface area contributed by atoms with Gasteiger partial charge in [0.15, 0.2) is 5.67 Å². The highest BCUT2D eigenvalue weighted by Crippen LogP contribution is 2.47. The Balaban J connectivity index is 2.31. The molecule has 0 unspecified atom stereocenters. The summed E-state index contributed by atoms with van der Waals surface area (Å²) in [5, 5.41) is 0.474. The van der Waals surface area contributed by atoms with Crippen LogP contribution in [-0.4, -0.2) is 9.97 Å². The molecule has 82 valence electrons. The molecule has 3 rings (SSSR count). The van der Waals surface area contributed by atoms with E-state index in [-0.39, 0.29) is 11.4 Å². The lowest BCUT2D eigenvalue weighted by molar-refractivity contribution is 0.300. The summed E-state index contributed by atoms with van der Waals surface area (Å²) in [6.07, 6.45) is 0.885. The summed E-state index contributed by atoms with van der Waals surface area (Å²) in [6, 6.07) is 5.18. The number of hydrogen-bond donors (Lipinski definition) is 1. The number of aromatic amines is 1. The Hall–Kier alpha value is -1.23. The van der Waals surface area contributed by atoms with Crippen LogP contribution in [0.1, 0.15) is 18.7 Å². The van der Waals surface area contributed by atoms with Crippen LogP contribution in [0.5, 0.6) is 0 Å². The number of nitrogens with one attached hydrogen (secondary N) is 1. The van der Waals surface area contributed by atoms with E-state index < -0.39 is 5.67 Å². The van der Waals surface area contributed by atoms with Crippen LogP contribution in [0.3, 0.4) is 0 Å². The lowest BCUT2D eigenvalue weighted by atomic mass is 10.2. The molecule has 0 spiro atoms. The van der Waals surface area contributed by atoms with Gasteiger partial charge in [-0.2, -0.15) is 0 Å². The van der Waals surface area contributed by atoms with E-state index in [1.807, 2.05) is 0 Å². The molecule has 1 heterocycles. The lowest BCUT2D eigenvalue weighted by Gasteiger charge is -2.05. The third kappa shape index (κ3) is 1.46. The van der Waals surface area contributed by atoms with E-state index in [9.17, 15) is 9.18 Å². The number of rotatable bonds is 1. The highest BCUT2D eigenvalue weighted by molar-refractivity contribution is 9.10. The first-order valence-corrected chi connectivity index (χ1v) is 5.77. The maximum atomic E-state index is 13.8. The van der Waals surface area contributed by atoms with E-state index in [2.05, 4.69) is 25.9 Å². The van der Waals surface area contributed by atoms with Crippen LogP contribution >= 0.6 is 15.9 Å². The number of H-pyrrole nitrogens is 1. The van der Waals surface area contributed by atoms with Crippen LogP contribution in [0, 0.1) is 0 Å². The van der Waals surface area contributed by atoms with Gasteiger partial charge in [-0.05, 0) is 31.0 Å². The molecule has 1 saturated carbocycles. The van der Waals surface area contributed by atoms with Crippen LogP contribution < -0.4 is 5.56 Å². The maximum Gasteiger partial charge on any atom is 0.258 e. The fraction of sp³-hybridized carbons (Fsp3) is 0.273. The SMILES string of the molecule is O=c1[nH]c(C2(F)CC2)nc2ccc(Br)cc12. The minimum absolute atomic E-state index is 0.160. The molecule has 1 aromatic carbocycles. The summed E-state index contributed by atoms with van der Waals surface area (Å²) >= 11 is 3.28. The van der Waals surface area contributed by atoms with Crippen molar-refractivity contribution >= 4 is 26.8 Å². The van der Waals surface area contributed by atoms with Crippen molar-refractivity contribution in [2.45, 2.75) is 18.5 Å². The van der Waals surface area contributed by atoms with Crippen LogP contribution in [0.25, 0.3) is 10.9 Å². The fourth-order valence-corrected chi connectivity index (χ4v) is 2.03. The van der Waals surface area contributed by atoms with Gasteiger partial charge in [0.1, 0.15) is 5.82 Å². The zero-order chi connectivity index (χ0) is 11.3. The van der Waals surface area contributed by atoms with Gasteiger partial charge < -0.3 is 4.98 Å². The Labute approximate surface area is 98.8 Å². The quantitative estimate of drug-likeness (QED) is 0.874. The molecule has 1 aliphatic rings. The van der Waals surface area contributed by atoms with Crippen molar-refractivity contribution in [3.05, 3.63) is 38.9 Å². The van der Waals surface area contributed by atoms with Gasteiger partial charge in [0.2, 0.25) is 0 Å². The van der Waals surface area contributed by atoms with E-state index in [0.29, 0.717) is 23.7 Å². The molecule has 2 aromatic rings. The van der Waals surface area contributed by atoms with Gasteiger partial charge >= 0.3 is 0 Å². The second-order valence-electron chi connectivity index (χ2n) is 4.04. The number of halogens is 2. The summed E-state index contributed by atoms with van der Waals surface area (Å²) in [5.41, 5.74) is -1.16. The summed E-state index contributed by atoms with van der Waals surface area (Å²) in [4.78, 5) is 18.4. The molecule has 0 saturated heterocycles. The topological polar surface area (TPSA) is 45.8 Å². The number of fused-ring (bicyclic) bond motifs is 1. The van der Waals surface area contributed by atoms with Gasteiger partial charge in [-0.3, -0.25) is 4.79 Å². The number of benzene rings is 1. The standard InChI is InChI=1S/C11H8BrFN2O/c12-6-1-2-8-7(5-6)9(16)15-10(14-8)11(13)3-4-11/h1-2,5H,3-4H2,(H,14,15,16). The number of nitrogens with zero attached hydrogens (tertiary/aromatic N) is 1. The van der Waals surface area contributed by atoms with E-state index >= 15 is 0 Å². The van der Waals surface area contributed by atoms with Gasteiger partial charge in [-0.15, -0.1) is 0 Å². The predicted molar refractivity (Wildman–Crippen MR) is 62.1 cm³/mol. The summed E-state index contributed by atoms with van der Waals surface area (Å²) in [7, 11) is 0. The van der Waals surface area contributed by atoms with Crippen molar-refractivity contribution in [1.82, 2.24) is 9.97 Å². The van der Waals surface area contributed by atoms with Crippen LogP contribution in [0.4, 0.5) is 4.39 Å². The molecular weight excluding hydrogens is 275 g/mol. The predicted octanol–water partition coefficient (Wildman–Crippen LogP) is 2.64. The highest BCUT2D eigenvalue weighted by Gasteiger charge is 2.47. The Morgan fingerprint density at radius 2 is 2.19 bits per heavy atom. The first-order chi connectivity index (χ1) is 7.58. The second-order valence-corrected chi connectivity index (χ2v) is 4.96. The third-order valence-electron chi connectivity index (χ3n) is 2.78. The normalized spacial score (nSPS) is 17.6. The molecule has 5 heteroatoms. The Bertz CT molecular complexity index is 633. The number of aromatic nitrogens is 2. The minimum Gasteiger partial charge on any atom is -0.307 e. The average molecular weight is 283 g/mol. The zero-order valence-electron chi connectivity index (χ0n) is 8.26. The molecule has 0 atom stereocenters. The average Bonchev–Trinajstić information content (AvgIpc) is 2.99. The minimum atomic E-state index is -1.40. The van der Waals surface area contributed by atoms with Crippen molar-refractivity contribution in [2.75, 3.05) is 0 Å². The Morgan fingerprint density at radius 3 is 2.88 bits per heavy atom. The molecule has 1 N–H and O–H groups in total. The summed E-state index contributed by atoms with van der Waals surface area (Å²) < 4.78 is 14.6. The zero-order valence-corrected chi connectivity index (χ0v) is 9.84. The monoisotopic (exact) mass is 282 g/mol. The Kier molecular flexibility index (Phi) is 1.95. The summed E-state index contributed by atoms with van der Waals surface area (Å²) in [5.74, 6) is 0.160. The van der Waals surface area contributed by atoms with Gasteiger partial charge in [0, 0.05) is 4.47 Å². The molecule has 1 aliphatic carbocycles. The van der Waals surface area contributed by atoms with E-state index in [1.54, 1.807) is 18.2 Å². The van der Waals surface area contributed by atoms with Gasteiger partial charge in [0.25, 0.3) is 5.56 Å². The van der Waals surface area contributed by atoms with E-state index in [1.165, 1.54) is 0 Å². The summed E-state index contributed by atoms with van der Waals surface area (Å²) in [6.45, 7) is 0. The second kappa shape index (κ2) is 3.13. The van der Waals surface area contributed by atoms with Crippen LogP contribution in [0.2, 0.25) is 0 Å². The fourth-order valence-electron chi connectivity index (χ4n) is 1.67. The molecule has 3 nitrogen and oxygen atoms in total. The largest absolute Gasteiger partial charge is 0.307 e. The van der Waals surface area contributed by atoms with Crippen molar-refractivity contribution in [1.29, 1.82) is 0 Å². The van der Waals surface area contributed by atoms with Crippen molar-refractivity contribution in [3.8, 4) is 0 Å². The Morgan fingerprint density at radius 1 is 1.44 bits per heavy atom. The van der Waals surface area contributed by atoms with Crippen molar-refractivity contribution < 1.29 is 4.39 Å². The van der Waals surface area contributed by atoms with E-state index in [4.69, 9.17) is 0 Å². The molecule has 1 aromatic heterocycles. The third-order valence-corrected chi connectivity index (χ3v) is 3.27. The first kappa shape index (κ1) is 9.96. The van der Waals surface area contributed by atoms with Gasteiger partial charge in [-0.25, -0.2) is 9.37 Å². The maximum absolute atomic E-state index is 13.8. The molecular formula is C11H8BrFN2O. The molecule has 0 amide bonds. The van der Waals surface area contributed by atoms with Crippen molar-refractivity contribution in [3.63, 3.8) is 0 Å². The van der Waals surface area contributed by atoms with Gasteiger partial charge in [-0.1, -0.05) is 15.9 Å².